The maximum Gasteiger partial charge on any atom is 0.495 e. The van der Waals surface area contributed by atoms with Crippen molar-refractivity contribution in [3.63, 3.8) is 0 Å². The van der Waals surface area contributed by atoms with Gasteiger partial charge in [-0.3, -0.25) is 4.79 Å². The molecule has 0 radical (unpaired) electrons. The Labute approximate surface area is 182 Å². The molecule has 1 amide bonds. The monoisotopic (exact) mass is 427 g/mol. The molecule has 4 rings (SSSR count). The number of halogens is 3. The summed E-state index contributed by atoms with van der Waals surface area (Å²) in [6, 6.07) is 6.59. The third-order valence-electron chi connectivity index (χ3n) is 6.78. The lowest BCUT2D eigenvalue weighted by Crippen LogP contribution is -2.45. The Balaban J connectivity index is 1.66. The SMILES string of the molecule is BC1(B)c2c(F)cccc2C(=O)N1Cc1c(F)cc(B2OC(C)(C)C(C)(C)O2)cc1F. The van der Waals surface area contributed by atoms with Crippen molar-refractivity contribution in [3.05, 3.63) is 64.5 Å². The zero-order chi connectivity index (χ0) is 22.9. The number of amides is 1. The highest BCUT2D eigenvalue weighted by Crippen LogP contribution is 2.39. The molecule has 2 aromatic carbocycles. The van der Waals surface area contributed by atoms with Gasteiger partial charge in [0.2, 0.25) is 0 Å². The van der Waals surface area contributed by atoms with Gasteiger partial charge in [0.15, 0.2) is 0 Å². The molecule has 2 aliphatic rings. The van der Waals surface area contributed by atoms with E-state index < -0.39 is 47.0 Å². The first kappa shape index (κ1) is 22.0. The van der Waals surface area contributed by atoms with Gasteiger partial charge in [-0.1, -0.05) is 6.07 Å². The standard InChI is InChI=1S/C21H23B3F3NO3/c1-19(2)20(3,4)31-24(30-19)11-8-15(26)13(16(27)9-11)10-28-18(29)12-6-5-7-14(25)17(12)21(28,22)23/h5-9H,10,22-23H2,1-4H3. The molecular weight excluding hydrogens is 404 g/mol. The van der Waals surface area contributed by atoms with Gasteiger partial charge in [0.1, 0.15) is 33.1 Å². The molecule has 1 saturated heterocycles. The van der Waals surface area contributed by atoms with Crippen molar-refractivity contribution in [2.45, 2.75) is 50.8 Å². The van der Waals surface area contributed by atoms with Crippen molar-refractivity contribution in [3.8, 4) is 0 Å². The third kappa shape index (κ3) is 3.31. The summed E-state index contributed by atoms with van der Waals surface area (Å²) in [7, 11) is 2.41. The van der Waals surface area contributed by atoms with E-state index in [1.54, 1.807) is 15.7 Å². The molecule has 1 fully saturated rings. The molecule has 0 bridgehead atoms. The number of nitrogens with zero attached hydrogens (tertiary/aromatic N) is 1. The van der Waals surface area contributed by atoms with Crippen LogP contribution in [0.5, 0.6) is 0 Å². The number of hydrogen-bond acceptors (Lipinski definition) is 3. The van der Waals surface area contributed by atoms with Crippen LogP contribution in [0, 0.1) is 17.5 Å². The first-order valence-corrected chi connectivity index (χ1v) is 10.2. The highest BCUT2D eigenvalue weighted by molar-refractivity contribution is 6.62. The fraction of sp³-hybridized carbons (Fsp3) is 0.381. The van der Waals surface area contributed by atoms with Crippen molar-refractivity contribution in [1.82, 2.24) is 4.90 Å². The van der Waals surface area contributed by atoms with Gasteiger partial charge < -0.3 is 14.2 Å². The average molecular weight is 427 g/mol. The van der Waals surface area contributed by atoms with E-state index in [0.717, 1.165) is 0 Å². The lowest BCUT2D eigenvalue weighted by atomic mass is 9.58. The second-order valence-electron chi connectivity index (χ2n) is 9.66. The number of hydrogen-bond donors (Lipinski definition) is 0. The van der Waals surface area contributed by atoms with E-state index in [1.807, 2.05) is 27.7 Å². The molecule has 2 aromatic rings. The highest BCUT2D eigenvalue weighted by Gasteiger charge is 2.52. The van der Waals surface area contributed by atoms with Crippen LogP contribution < -0.4 is 5.46 Å². The second-order valence-corrected chi connectivity index (χ2v) is 9.66. The smallest absolute Gasteiger partial charge is 0.399 e. The minimum absolute atomic E-state index is 0.208. The second kappa shape index (κ2) is 6.91. The summed E-state index contributed by atoms with van der Waals surface area (Å²) in [5, 5.41) is -1.05. The van der Waals surface area contributed by atoms with Gasteiger partial charge in [-0.25, -0.2) is 13.2 Å². The van der Waals surface area contributed by atoms with Gasteiger partial charge >= 0.3 is 7.12 Å². The summed E-state index contributed by atoms with van der Waals surface area (Å²) >= 11 is 0. The summed E-state index contributed by atoms with van der Waals surface area (Å²) < 4.78 is 56.2. The van der Waals surface area contributed by atoms with Gasteiger partial charge in [0.25, 0.3) is 5.91 Å². The van der Waals surface area contributed by atoms with Crippen LogP contribution >= 0.6 is 0 Å². The summed E-state index contributed by atoms with van der Waals surface area (Å²) in [5.74, 6) is -2.61. The zero-order valence-electron chi connectivity index (χ0n) is 18.5. The van der Waals surface area contributed by atoms with E-state index >= 15 is 8.78 Å². The third-order valence-corrected chi connectivity index (χ3v) is 6.78. The fourth-order valence-corrected chi connectivity index (χ4v) is 4.17. The minimum atomic E-state index is -1.05. The largest absolute Gasteiger partial charge is 0.495 e. The molecule has 0 unspecified atom stereocenters. The summed E-state index contributed by atoms with van der Waals surface area (Å²) in [6.07, 6.45) is 0. The van der Waals surface area contributed by atoms with Crippen molar-refractivity contribution < 1.29 is 27.3 Å². The molecule has 0 aliphatic carbocycles. The summed E-state index contributed by atoms with van der Waals surface area (Å²) in [6.45, 7) is 7.08. The van der Waals surface area contributed by atoms with E-state index in [4.69, 9.17) is 9.31 Å². The van der Waals surface area contributed by atoms with Crippen molar-refractivity contribution >= 4 is 34.2 Å². The van der Waals surface area contributed by atoms with Gasteiger partial charge in [0.05, 0.1) is 17.7 Å². The molecule has 0 aromatic heterocycles. The van der Waals surface area contributed by atoms with Gasteiger partial charge in [-0.05, 0) is 57.4 Å². The van der Waals surface area contributed by atoms with Crippen molar-refractivity contribution in [2.24, 2.45) is 0 Å². The van der Waals surface area contributed by atoms with Crippen molar-refractivity contribution in [1.29, 1.82) is 0 Å². The first-order valence-electron chi connectivity index (χ1n) is 10.2. The first-order chi connectivity index (χ1) is 14.3. The Hall–Kier alpha value is -2.19. The summed E-state index contributed by atoms with van der Waals surface area (Å²) in [4.78, 5) is 14.2. The predicted octanol–water partition coefficient (Wildman–Crippen LogP) is 1.44. The maximum atomic E-state index is 15.0. The van der Waals surface area contributed by atoms with Gasteiger partial charge in [-0.2, -0.15) is 0 Å². The van der Waals surface area contributed by atoms with Crippen LogP contribution in [0.25, 0.3) is 0 Å². The fourth-order valence-electron chi connectivity index (χ4n) is 4.17. The molecule has 0 spiro atoms. The summed E-state index contributed by atoms with van der Waals surface area (Å²) in [5.41, 5.74) is -0.904. The van der Waals surface area contributed by atoms with E-state index in [9.17, 15) is 9.18 Å². The molecule has 0 N–H and O–H groups in total. The lowest BCUT2D eigenvalue weighted by molar-refractivity contribution is 0.00578. The van der Waals surface area contributed by atoms with E-state index in [0.29, 0.717) is 0 Å². The van der Waals surface area contributed by atoms with E-state index in [1.165, 1.54) is 35.2 Å². The lowest BCUT2D eigenvalue weighted by Gasteiger charge is -2.33. The Morgan fingerprint density at radius 3 is 2.03 bits per heavy atom. The van der Waals surface area contributed by atoms with Crippen LogP contribution in [0.2, 0.25) is 0 Å². The quantitative estimate of drug-likeness (QED) is 0.697. The van der Waals surface area contributed by atoms with Crippen LogP contribution in [0.15, 0.2) is 30.3 Å². The molecule has 2 heterocycles. The zero-order valence-corrected chi connectivity index (χ0v) is 18.5. The number of rotatable bonds is 3. The predicted molar refractivity (Wildman–Crippen MR) is 117 cm³/mol. The van der Waals surface area contributed by atoms with Crippen molar-refractivity contribution in [2.75, 3.05) is 0 Å². The Morgan fingerprint density at radius 1 is 0.968 bits per heavy atom. The molecule has 31 heavy (non-hydrogen) atoms. The van der Waals surface area contributed by atoms with Gasteiger partial charge in [-0.15, -0.1) is 0 Å². The molecule has 0 atom stereocenters. The molecule has 2 aliphatic heterocycles. The maximum absolute atomic E-state index is 15.0. The normalized spacial score (nSPS) is 20.9. The highest BCUT2D eigenvalue weighted by atomic mass is 19.1. The van der Waals surface area contributed by atoms with Crippen LogP contribution in [0.4, 0.5) is 13.2 Å². The Morgan fingerprint density at radius 2 is 1.52 bits per heavy atom. The average Bonchev–Trinajstić information content (AvgIpc) is 2.98. The Bertz CT molecular complexity index is 1050. The number of fused-ring (bicyclic) bond motifs is 1. The Kier molecular flexibility index (Phi) is 4.91. The molecule has 160 valence electrons. The number of carbonyl (C=O) groups is 1. The van der Waals surface area contributed by atoms with Crippen LogP contribution in [0.1, 0.15) is 49.2 Å². The molecule has 4 nitrogen and oxygen atoms in total. The van der Waals surface area contributed by atoms with Crippen LogP contribution in [0.3, 0.4) is 0 Å². The molecule has 10 heteroatoms. The number of benzene rings is 2. The van der Waals surface area contributed by atoms with E-state index in [2.05, 4.69) is 0 Å². The minimum Gasteiger partial charge on any atom is -0.399 e. The molecule has 0 saturated carbocycles. The number of carbonyl (C=O) groups excluding carboxylic acids is 1. The van der Waals surface area contributed by atoms with Crippen LogP contribution in [-0.2, 0) is 21.2 Å². The van der Waals surface area contributed by atoms with E-state index in [-0.39, 0.29) is 28.7 Å². The van der Waals surface area contributed by atoms with Crippen LogP contribution in [-0.4, -0.2) is 44.8 Å². The molecular formula is C21H23B3F3NO3. The van der Waals surface area contributed by atoms with Gasteiger partial charge in [0, 0.05) is 22.0 Å². The topological polar surface area (TPSA) is 38.8 Å².